The fourth-order valence-electron chi connectivity index (χ4n) is 1.42. The number of ether oxygens (including phenoxy) is 1. The number of nitrogens with zero attached hydrogens (tertiary/aromatic N) is 2. The zero-order valence-electron chi connectivity index (χ0n) is 8.01. The van der Waals surface area contributed by atoms with Crippen LogP contribution in [0.15, 0.2) is 17.2 Å². The average Bonchev–Trinajstić information content (AvgIpc) is 2.56. The van der Waals surface area contributed by atoms with E-state index in [-0.39, 0.29) is 0 Å². The molecule has 1 saturated heterocycles. The van der Waals surface area contributed by atoms with Gasteiger partial charge in [0.25, 0.3) is 0 Å². The number of anilines is 1. The monoisotopic (exact) mass is 211 g/mol. The van der Waals surface area contributed by atoms with Crippen molar-refractivity contribution in [3.63, 3.8) is 0 Å². The topological polar surface area (TPSA) is 61.0 Å². The molecule has 76 valence electrons. The maximum absolute atomic E-state index is 5.47. The lowest BCUT2D eigenvalue weighted by atomic mass is 10.3. The standard InChI is InChI=1S/C9H13N3OS/c1-6-7(4-5-13-6)14-9-3-2-8(10)11-12-9/h2-3,6-7H,4-5H2,1H3,(H2,10,11). The van der Waals surface area contributed by atoms with Crippen molar-refractivity contribution >= 4 is 17.6 Å². The number of hydrogen-bond acceptors (Lipinski definition) is 5. The molecule has 2 atom stereocenters. The minimum atomic E-state index is 0.305. The first-order chi connectivity index (χ1) is 6.75. The number of aromatic nitrogens is 2. The maximum atomic E-state index is 5.47. The van der Waals surface area contributed by atoms with Gasteiger partial charge in [-0.15, -0.1) is 10.2 Å². The van der Waals surface area contributed by atoms with E-state index in [2.05, 4.69) is 17.1 Å². The Hall–Kier alpha value is -0.810. The van der Waals surface area contributed by atoms with Crippen LogP contribution >= 0.6 is 11.8 Å². The van der Waals surface area contributed by atoms with Gasteiger partial charge in [0, 0.05) is 11.9 Å². The summed E-state index contributed by atoms with van der Waals surface area (Å²) >= 11 is 1.71. The van der Waals surface area contributed by atoms with E-state index in [1.54, 1.807) is 17.8 Å². The largest absolute Gasteiger partial charge is 0.382 e. The fourth-order valence-corrected chi connectivity index (χ4v) is 2.44. The molecule has 1 aromatic rings. The Labute approximate surface area is 87.2 Å². The van der Waals surface area contributed by atoms with Crippen molar-refractivity contribution in [3.05, 3.63) is 12.1 Å². The van der Waals surface area contributed by atoms with Gasteiger partial charge in [0.1, 0.15) is 10.8 Å². The van der Waals surface area contributed by atoms with Gasteiger partial charge in [-0.25, -0.2) is 0 Å². The quantitative estimate of drug-likeness (QED) is 0.799. The van der Waals surface area contributed by atoms with Crippen LogP contribution in [0.3, 0.4) is 0 Å². The second-order valence-electron chi connectivity index (χ2n) is 3.32. The summed E-state index contributed by atoms with van der Waals surface area (Å²) in [6.45, 7) is 2.94. The van der Waals surface area contributed by atoms with Gasteiger partial charge in [-0.1, -0.05) is 11.8 Å². The molecule has 0 saturated carbocycles. The van der Waals surface area contributed by atoms with Gasteiger partial charge in [-0.2, -0.15) is 0 Å². The molecule has 2 heterocycles. The molecule has 5 heteroatoms. The molecule has 1 aliphatic heterocycles. The molecule has 1 fully saturated rings. The molecule has 2 N–H and O–H groups in total. The van der Waals surface area contributed by atoms with E-state index < -0.39 is 0 Å². The van der Waals surface area contributed by atoms with Crippen LogP contribution in [0.4, 0.5) is 5.82 Å². The number of nitrogen functional groups attached to an aromatic ring is 1. The van der Waals surface area contributed by atoms with Crippen molar-refractivity contribution < 1.29 is 4.74 Å². The Morgan fingerprint density at radius 2 is 2.36 bits per heavy atom. The first kappa shape index (κ1) is 9.73. The van der Waals surface area contributed by atoms with Gasteiger partial charge >= 0.3 is 0 Å². The van der Waals surface area contributed by atoms with Gasteiger partial charge < -0.3 is 10.5 Å². The summed E-state index contributed by atoms with van der Waals surface area (Å²) in [5.74, 6) is 0.463. The van der Waals surface area contributed by atoms with Crippen molar-refractivity contribution in [1.82, 2.24) is 10.2 Å². The SMILES string of the molecule is CC1OCCC1Sc1ccc(N)nn1. The average molecular weight is 211 g/mol. The van der Waals surface area contributed by atoms with Crippen LogP contribution in [0.5, 0.6) is 0 Å². The zero-order chi connectivity index (χ0) is 9.97. The summed E-state index contributed by atoms with van der Waals surface area (Å²) in [6, 6.07) is 3.67. The lowest BCUT2D eigenvalue weighted by Gasteiger charge is -2.11. The van der Waals surface area contributed by atoms with E-state index in [4.69, 9.17) is 10.5 Å². The van der Waals surface area contributed by atoms with Crippen LogP contribution < -0.4 is 5.73 Å². The Morgan fingerprint density at radius 3 is 2.93 bits per heavy atom. The molecule has 0 bridgehead atoms. The Kier molecular flexibility index (Phi) is 2.88. The summed E-state index contributed by atoms with van der Waals surface area (Å²) in [4.78, 5) is 0. The predicted octanol–water partition coefficient (Wildman–Crippen LogP) is 1.33. The molecule has 1 aromatic heterocycles. The Bertz CT molecular complexity index is 303. The fraction of sp³-hybridized carbons (Fsp3) is 0.556. The number of rotatable bonds is 2. The summed E-state index contributed by atoms with van der Waals surface area (Å²) < 4.78 is 5.47. The number of nitrogens with two attached hydrogens (primary N) is 1. The van der Waals surface area contributed by atoms with Crippen molar-refractivity contribution in [3.8, 4) is 0 Å². The van der Waals surface area contributed by atoms with Gasteiger partial charge in [-0.3, -0.25) is 0 Å². The van der Waals surface area contributed by atoms with E-state index >= 15 is 0 Å². The second-order valence-corrected chi connectivity index (χ2v) is 4.58. The molecular formula is C9H13N3OS. The van der Waals surface area contributed by atoms with E-state index in [0.717, 1.165) is 18.1 Å². The molecule has 2 rings (SSSR count). The van der Waals surface area contributed by atoms with Crippen molar-refractivity contribution in [2.24, 2.45) is 0 Å². The third-order valence-electron chi connectivity index (χ3n) is 2.24. The Balaban J connectivity index is 2.00. The zero-order valence-corrected chi connectivity index (χ0v) is 8.83. The molecule has 0 spiro atoms. The van der Waals surface area contributed by atoms with Crippen LogP contribution in [-0.2, 0) is 4.74 Å². The minimum absolute atomic E-state index is 0.305. The summed E-state index contributed by atoms with van der Waals surface area (Å²) in [6.07, 6.45) is 1.39. The molecule has 14 heavy (non-hydrogen) atoms. The highest BCUT2D eigenvalue weighted by atomic mass is 32.2. The molecular weight excluding hydrogens is 198 g/mol. The summed E-state index contributed by atoms with van der Waals surface area (Å²) in [5, 5.41) is 9.23. The lowest BCUT2D eigenvalue weighted by Crippen LogP contribution is -2.13. The normalized spacial score (nSPS) is 26.6. The maximum Gasteiger partial charge on any atom is 0.146 e. The molecule has 0 amide bonds. The van der Waals surface area contributed by atoms with Crippen molar-refractivity contribution in [2.75, 3.05) is 12.3 Å². The first-order valence-electron chi connectivity index (χ1n) is 4.63. The number of hydrogen-bond donors (Lipinski definition) is 1. The van der Waals surface area contributed by atoms with E-state index in [9.17, 15) is 0 Å². The van der Waals surface area contributed by atoms with Crippen molar-refractivity contribution in [2.45, 2.75) is 29.7 Å². The molecule has 0 radical (unpaired) electrons. The Morgan fingerprint density at radius 1 is 1.50 bits per heavy atom. The molecule has 1 aliphatic rings. The van der Waals surface area contributed by atoms with Crippen molar-refractivity contribution in [1.29, 1.82) is 0 Å². The molecule has 0 aliphatic carbocycles. The highest BCUT2D eigenvalue weighted by molar-refractivity contribution is 7.99. The summed E-state index contributed by atoms with van der Waals surface area (Å²) in [5.41, 5.74) is 5.45. The van der Waals surface area contributed by atoms with Crippen LogP contribution in [0, 0.1) is 0 Å². The number of thioether (sulfide) groups is 1. The summed E-state index contributed by atoms with van der Waals surface area (Å²) in [7, 11) is 0. The van der Waals surface area contributed by atoms with Crippen LogP contribution in [0.25, 0.3) is 0 Å². The predicted molar refractivity (Wildman–Crippen MR) is 56.1 cm³/mol. The van der Waals surface area contributed by atoms with Gasteiger partial charge in [0.2, 0.25) is 0 Å². The smallest absolute Gasteiger partial charge is 0.146 e. The highest BCUT2D eigenvalue weighted by Crippen LogP contribution is 2.30. The van der Waals surface area contributed by atoms with Gasteiger partial charge in [0.15, 0.2) is 0 Å². The van der Waals surface area contributed by atoms with E-state index in [0.29, 0.717) is 17.2 Å². The molecule has 4 nitrogen and oxygen atoms in total. The third kappa shape index (κ3) is 2.16. The minimum Gasteiger partial charge on any atom is -0.382 e. The van der Waals surface area contributed by atoms with Gasteiger partial charge in [0.05, 0.1) is 6.10 Å². The second kappa shape index (κ2) is 4.14. The lowest BCUT2D eigenvalue weighted by molar-refractivity contribution is 0.127. The molecule has 0 aromatic carbocycles. The van der Waals surface area contributed by atoms with Crippen LogP contribution in [-0.4, -0.2) is 28.2 Å². The van der Waals surface area contributed by atoms with Crippen LogP contribution in [0.1, 0.15) is 13.3 Å². The van der Waals surface area contributed by atoms with Crippen LogP contribution in [0.2, 0.25) is 0 Å². The first-order valence-corrected chi connectivity index (χ1v) is 5.51. The molecule has 2 unspecified atom stereocenters. The highest BCUT2D eigenvalue weighted by Gasteiger charge is 2.25. The van der Waals surface area contributed by atoms with Gasteiger partial charge in [-0.05, 0) is 25.5 Å². The third-order valence-corrected chi connectivity index (χ3v) is 3.62. The van der Waals surface area contributed by atoms with E-state index in [1.807, 2.05) is 6.07 Å². The van der Waals surface area contributed by atoms with E-state index in [1.165, 1.54) is 0 Å².